The van der Waals surface area contributed by atoms with E-state index in [9.17, 15) is 22.0 Å². The molecule has 12 heteroatoms. The molecule has 31 heavy (non-hydrogen) atoms. The zero-order valence-electron chi connectivity index (χ0n) is 15.8. The Balaban J connectivity index is 1.70. The highest BCUT2D eigenvalue weighted by atomic mass is 19.4. The molecule has 1 aromatic carbocycles. The maximum atomic E-state index is 14.6. The summed E-state index contributed by atoms with van der Waals surface area (Å²) in [6.45, 7) is 1.30. The topological polar surface area (TPSA) is 99.4 Å². The minimum atomic E-state index is -4.67. The van der Waals surface area contributed by atoms with E-state index in [0.717, 1.165) is 18.5 Å². The molecule has 0 spiro atoms. The van der Waals surface area contributed by atoms with Crippen LogP contribution < -0.4 is 5.73 Å². The first-order valence-electron chi connectivity index (χ1n) is 8.89. The van der Waals surface area contributed by atoms with Crippen LogP contribution in [0, 0.1) is 11.6 Å². The number of nitrogens with zero attached hydrogens (tertiary/aromatic N) is 4. The summed E-state index contributed by atoms with van der Waals surface area (Å²) in [7, 11) is 0. The number of ether oxygens (including phenoxy) is 1. The Morgan fingerprint density at radius 1 is 1.13 bits per heavy atom. The number of rotatable bonds is 3. The van der Waals surface area contributed by atoms with Gasteiger partial charge in [-0.3, -0.25) is 0 Å². The number of amidine groups is 1. The smallest absolute Gasteiger partial charge is 0.411 e. The van der Waals surface area contributed by atoms with Gasteiger partial charge in [0, 0.05) is 23.6 Å². The molecule has 0 fully saturated rings. The van der Waals surface area contributed by atoms with Crippen LogP contribution in [0.2, 0.25) is 0 Å². The normalized spacial score (nSPS) is 21.5. The van der Waals surface area contributed by atoms with E-state index in [1.54, 1.807) is 0 Å². The third kappa shape index (κ3) is 4.05. The maximum Gasteiger partial charge on any atom is 0.411 e. The molecule has 0 saturated heterocycles. The number of benzene rings is 1. The van der Waals surface area contributed by atoms with Crippen LogP contribution in [-0.4, -0.2) is 33.4 Å². The van der Waals surface area contributed by atoms with Crippen LogP contribution in [0.25, 0.3) is 22.8 Å². The van der Waals surface area contributed by atoms with E-state index in [1.165, 1.54) is 25.1 Å². The second-order valence-corrected chi connectivity index (χ2v) is 7.06. The number of hydrogen-bond donors (Lipinski definition) is 1. The summed E-state index contributed by atoms with van der Waals surface area (Å²) < 4.78 is 77.9. The molecular weight excluding hydrogens is 425 g/mol. The number of alkyl halides is 3. The fourth-order valence-corrected chi connectivity index (χ4v) is 3.27. The maximum absolute atomic E-state index is 14.6. The molecule has 2 N–H and O–H groups in total. The van der Waals surface area contributed by atoms with Crippen LogP contribution in [0.15, 0.2) is 46.2 Å². The first-order valence-corrected chi connectivity index (χ1v) is 8.89. The van der Waals surface area contributed by atoms with Crippen LogP contribution >= 0.6 is 0 Å². The van der Waals surface area contributed by atoms with E-state index in [4.69, 9.17) is 15.0 Å². The molecule has 0 amide bonds. The largest absolute Gasteiger partial charge is 0.454 e. The van der Waals surface area contributed by atoms with E-state index in [-0.39, 0.29) is 22.8 Å². The summed E-state index contributed by atoms with van der Waals surface area (Å²) in [4.78, 5) is 10.9. The van der Waals surface area contributed by atoms with Gasteiger partial charge in [-0.1, -0.05) is 5.16 Å². The molecule has 3 heterocycles. The van der Waals surface area contributed by atoms with Crippen LogP contribution in [0.1, 0.15) is 18.9 Å². The molecule has 2 aromatic heterocycles. The third-order valence-corrected chi connectivity index (χ3v) is 4.75. The highest BCUT2D eigenvalue weighted by Crippen LogP contribution is 2.41. The van der Waals surface area contributed by atoms with E-state index in [1.807, 2.05) is 0 Å². The standard InChI is InChI=1S/C19H14F5N5O2/c1-18(6-15(19(22,23)24)28-17(25)30-18)11-4-9(2-3-12(11)21)14-5-13(29-31-14)16-26-7-10(20)8-27-16/h2-5,7-8,15H,6H2,1H3,(H2,25,28)/t15-,18-/m0/s1. The van der Waals surface area contributed by atoms with Gasteiger partial charge in [0.25, 0.3) is 6.02 Å². The fraction of sp³-hybridized carbons (Fsp3) is 0.263. The van der Waals surface area contributed by atoms with Crippen LogP contribution in [0.3, 0.4) is 0 Å². The molecule has 0 bridgehead atoms. The van der Waals surface area contributed by atoms with Gasteiger partial charge in [0.2, 0.25) is 0 Å². The molecule has 3 aromatic rings. The predicted molar refractivity (Wildman–Crippen MR) is 97.4 cm³/mol. The van der Waals surface area contributed by atoms with Crippen LogP contribution in [0.4, 0.5) is 22.0 Å². The lowest BCUT2D eigenvalue weighted by Gasteiger charge is -2.37. The van der Waals surface area contributed by atoms with E-state index >= 15 is 0 Å². The Bertz CT molecular complexity index is 1150. The molecule has 162 valence electrons. The monoisotopic (exact) mass is 439 g/mol. The Morgan fingerprint density at radius 3 is 2.52 bits per heavy atom. The Labute approximate surface area is 171 Å². The third-order valence-electron chi connectivity index (χ3n) is 4.75. The highest BCUT2D eigenvalue weighted by molar-refractivity contribution is 5.73. The van der Waals surface area contributed by atoms with Crippen molar-refractivity contribution >= 4 is 6.02 Å². The van der Waals surface area contributed by atoms with Gasteiger partial charge in [-0.05, 0) is 25.1 Å². The summed E-state index contributed by atoms with van der Waals surface area (Å²) >= 11 is 0. The molecule has 0 saturated carbocycles. The molecule has 2 atom stereocenters. The lowest BCUT2D eigenvalue weighted by molar-refractivity contribution is -0.164. The Morgan fingerprint density at radius 2 is 1.84 bits per heavy atom. The highest BCUT2D eigenvalue weighted by Gasteiger charge is 2.49. The van der Waals surface area contributed by atoms with E-state index in [0.29, 0.717) is 5.56 Å². The van der Waals surface area contributed by atoms with Crippen molar-refractivity contribution < 1.29 is 31.2 Å². The molecule has 0 radical (unpaired) electrons. The van der Waals surface area contributed by atoms with Crippen molar-refractivity contribution in [2.24, 2.45) is 10.7 Å². The van der Waals surface area contributed by atoms with Crippen LogP contribution in [-0.2, 0) is 10.3 Å². The van der Waals surface area contributed by atoms with Gasteiger partial charge in [-0.25, -0.2) is 23.7 Å². The minimum absolute atomic E-state index is 0.0957. The molecule has 1 aliphatic heterocycles. The van der Waals surface area contributed by atoms with E-state index < -0.39 is 41.9 Å². The molecule has 7 nitrogen and oxygen atoms in total. The van der Waals surface area contributed by atoms with Crippen molar-refractivity contribution in [3.05, 3.63) is 53.9 Å². The van der Waals surface area contributed by atoms with E-state index in [2.05, 4.69) is 20.1 Å². The minimum Gasteiger partial charge on any atom is -0.454 e. The SMILES string of the molecule is C[C@@]1(c2cc(-c3cc(-c4ncc(F)cn4)no3)ccc2F)C[C@@H](C(F)(F)F)N=C(N)O1. The number of aliphatic imine (C=N–C) groups is 1. The van der Waals surface area contributed by atoms with Gasteiger partial charge in [-0.15, -0.1) is 0 Å². The van der Waals surface area contributed by atoms with Gasteiger partial charge in [0.1, 0.15) is 11.4 Å². The summed E-state index contributed by atoms with van der Waals surface area (Å²) in [6, 6.07) is 2.33. The number of hydrogen-bond acceptors (Lipinski definition) is 7. The predicted octanol–water partition coefficient (Wildman–Crippen LogP) is 3.96. The average Bonchev–Trinajstić information content (AvgIpc) is 3.17. The summed E-state index contributed by atoms with van der Waals surface area (Å²) in [5.74, 6) is -1.16. The summed E-state index contributed by atoms with van der Waals surface area (Å²) in [5, 5.41) is 3.80. The first-order chi connectivity index (χ1) is 14.5. The van der Waals surface area contributed by atoms with Gasteiger partial charge in [-0.2, -0.15) is 13.2 Å². The molecule has 4 rings (SSSR count). The summed E-state index contributed by atoms with van der Waals surface area (Å²) in [6.07, 6.45) is -3.42. The van der Waals surface area contributed by atoms with Crippen molar-refractivity contribution in [2.45, 2.75) is 31.2 Å². The Hall–Kier alpha value is -3.57. The second kappa shape index (κ2) is 7.29. The van der Waals surface area contributed by atoms with Crippen molar-refractivity contribution in [3.8, 4) is 22.8 Å². The van der Waals surface area contributed by atoms with Gasteiger partial charge >= 0.3 is 6.18 Å². The Kier molecular flexibility index (Phi) is 4.86. The zero-order chi connectivity index (χ0) is 22.4. The zero-order valence-corrected chi connectivity index (χ0v) is 15.8. The van der Waals surface area contributed by atoms with Gasteiger partial charge < -0.3 is 15.0 Å². The van der Waals surface area contributed by atoms with Crippen molar-refractivity contribution in [1.82, 2.24) is 15.1 Å². The number of halogens is 5. The molecular formula is C19H14F5N5O2. The lowest BCUT2D eigenvalue weighted by atomic mass is 9.86. The average molecular weight is 439 g/mol. The molecule has 0 unspecified atom stereocenters. The van der Waals surface area contributed by atoms with Crippen molar-refractivity contribution in [1.29, 1.82) is 0 Å². The fourth-order valence-electron chi connectivity index (χ4n) is 3.27. The number of aromatic nitrogens is 3. The summed E-state index contributed by atoms with van der Waals surface area (Å²) in [5.41, 5.74) is 4.06. The quantitative estimate of drug-likeness (QED) is 0.621. The molecule has 0 aliphatic carbocycles. The molecule has 1 aliphatic rings. The first kappa shape index (κ1) is 20.7. The number of nitrogens with two attached hydrogens (primary N) is 1. The van der Waals surface area contributed by atoms with Crippen LogP contribution in [0.5, 0.6) is 0 Å². The van der Waals surface area contributed by atoms with Gasteiger partial charge in [0.05, 0.1) is 12.4 Å². The van der Waals surface area contributed by atoms with Gasteiger partial charge in [0.15, 0.2) is 29.1 Å². The van der Waals surface area contributed by atoms with Crippen molar-refractivity contribution in [3.63, 3.8) is 0 Å². The second-order valence-electron chi connectivity index (χ2n) is 7.06. The van der Waals surface area contributed by atoms with Crippen molar-refractivity contribution in [2.75, 3.05) is 0 Å². The lowest BCUT2D eigenvalue weighted by Crippen LogP contribution is -2.46.